The molecule has 2 rings (SSSR count). The van der Waals surface area contributed by atoms with E-state index < -0.39 is 0 Å². The molecule has 0 unspecified atom stereocenters. The average Bonchev–Trinajstić information content (AvgIpc) is 2.66. The van der Waals surface area contributed by atoms with E-state index in [1.807, 2.05) is 6.08 Å². The molecular weight excluding hydrogens is 300 g/mol. The molecular formula is C25H34. The third kappa shape index (κ3) is 7.78. The lowest BCUT2D eigenvalue weighted by Gasteiger charge is -2.25. The largest absolute Gasteiger partial charge is 0.0730 e. The summed E-state index contributed by atoms with van der Waals surface area (Å²) >= 11 is 0. The number of unbranched alkanes of at least 4 members (excludes halogenated alkanes) is 2. The Labute approximate surface area is 155 Å². The molecule has 1 aromatic carbocycles. The fourth-order valence-electron chi connectivity index (χ4n) is 3.58. The van der Waals surface area contributed by atoms with Crippen LogP contribution in [-0.4, -0.2) is 0 Å². The van der Waals surface area contributed by atoms with Crippen molar-refractivity contribution in [1.82, 2.24) is 0 Å². The first kappa shape index (κ1) is 19.6. The summed E-state index contributed by atoms with van der Waals surface area (Å²) in [7, 11) is 0. The zero-order chi connectivity index (χ0) is 17.7. The van der Waals surface area contributed by atoms with Gasteiger partial charge in [-0.25, -0.2) is 0 Å². The van der Waals surface area contributed by atoms with Crippen LogP contribution in [0.25, 0.3) is 6.08 Å². The number of hydrogen-bond acceptors (Lipinski definition) is 0. The van der Waals surface area contributed by atoms with Crippen molar-refractivity contribution >= 4 is 6.08 Å². The van der Waals surface area contributed by atoms with Gasteiger partial charge in [0.1, 0.15) is 0 Å². The van der Waals surface area contributed by atoms with Crippen LogP contribution in [0, 0.1) is 23.7 Å². The Morgan fingerprint density at radius 3 is 2.32 bits per heavy atom. The Morgan fingerprint density at radius 1 is 0.920 bits per heavy atom. The van der Waals surface area contributed by atoms with Crippen LogP contribution < -0.4 is 0 Å². The Balaban J connectivity index is 1.72. The molecule has 0 amide bonds. The van der Waals surface area contributed by atoms with Crippen molar-refractivity contribution in [2.45, 2.75) is 71.6 Å². The number of rotatable bonds is 7. The Morgan fingerprint density at radius 2 is 1.64 bits per heavy atom. The Kier molecular flexibility index (Phi) is 9.21. The first-order valence-corrected chi connectivity index (χ1v) is 10.2. The van der Waals surface area contributed by atoms with E-state index in [1.54, 1.807) is 0 Å². The molecule has 0 bridgehead atoms. The highest BCUT2D eigenvalue weighted by molar-refractivity contribution is 5.53. The maximum Gasteiger partial charge on any atom is -0.0109 e. The molecule has 0 spiro atoms. The molecule has 25 heavy (non-hydrogen) atoms. The van der Waals surface area contributed by atoms with Crippen LogP contribution in [0.3, 0.4) is 0 Å². The van der Waals surface area contributed by atoms with E-state index in [1.165, 1.54) is 68.9 Å². The van der Waals surface area contributed by atoms with Gasteiger partial charge in [0, 0.05) is 0 Å². The van der Waals surface area contributed by atoms with E-state index in [9.17, 15) is 0 Å². The van der Waals surface area contributed by atoms with E-state index in [4.69, 9.17) is 0 Å². The van der Waals surface area contributed by atoms with Gasteiger partial charge in [0.05, 0.1) is 0 Å². The minimum absolute atomic E-state index is 0.751. The third-order valence-electron chi connectivity index (χ3n) is 5.41. The predicted octanol–water partition coefficient (Wildman–Crippen LogP) is 7.21. The van der Waals surface area contributed by atoms with Crippen molar-refractivity contribution in [2.75, 3.05) is 0 Å². The minimum atomic E-state index is 0.751. The molecule has 1 fully saturated rings. The van der Waals surface area contributed by atoms with Crippen LogP contribution in [0.4, 0.5) is 0 Å². The zero-order valence-electron chi connectivity index (χ0n) is 16.1. The summed E-state index contributed by atoms with van der Waals surface area (Å²) in [4.78, 5) is 0. The van der Waals surface area contributed by atoms with Crippen molar-refractivity contribution in [1.29, 1.82) is 0 Å². The van der Waals surface area contributed by atoms with Gasteiger partial charge in [-0.3, -0.25) is 0 Å². The van der Waals surface area contributed by atoms with Crippen LogP contribution >= 0.6 is 0 Å². The standard InChI is InChI=1S/C25H34/c1-3-5-8-11-23-18-20-25(21-19-23)13-10-7-6-9-12-24-16-14-22(4-2)15-17-24/h9-10,12-13,18-22,24H,3-5,8,11,14-17H2,1-2H3/b12-9+,13-10+/t22-,24-. The smallest absolute Gasteiger partial charge is 0.0109 e. The lowest BCUT2D eigenvalue weighted by molar-refractivity contribution is 0.304. The molecule has 1 aliphatic carbocycles. The fraction of sp³-hybridized carbons (Fsp3) is 0.520. The lowest BCUT2D eigenvalue weighted by Crippen LogP contribution is -2.11. The number of allylic oxidation sites excluding steroid dienone is 3. The van der Waals surface area contributed by atoms with Gasteiger partial charge in [-0.05, 0) is 79.7 Å². The molecule has 0 radical (unpaired) electrons. The maximum atomic E-state index is 3.16. The normalized spacial score (nSPS) is 20.7. The average molecular weight is 335 g/mol. The van der Waals surface area contributed by atoms with Crippen molar-refractivity contribution in [3.05, 3.63) is 53.6 Å². The van der Waals surface area contributed by atoms with Gasteiger partial charge in [-0.1, -0.05) is 75.3 Å². The molecule has 0 nitrogen and oxygen atoms in total. The Hall–Kier alpha value is -1.74. The summed E-state index contributed by atoms with van der Waals surface area (Å²) in [6, 6.07) is 8.88. The number of hydrogen-bond donors (Lipinski definition) is 0. The Bertz CT molecular complexity index is 583. The predicted molar refractivity (Wildman–Crippen MR) is 111 cm³/mol. The highest BCUT2D eigenvalue weighted by Crippen LogP contribution is 2.31. The van der Waals surface area contributed by atoms with Crippen molar-refractivity contribution in [3.8, 4) is 11.8 Å². The van der Waals surface area contributed by atoms with Crippen LogP contribution in [0.1, 0.15) is 76.3 Å². The molecule has 0 N–H and O–H groups in total. The quantitative estimate of drug-likeness (QED) is 0.365. The molecule has 0 aromatic heterocycles. The molecule has 134 valence electrons. The molecule has 1 aromatic rings. The highest BCUT2D eigenvalue weighted by atomic mass is 14.2. The molecule has 0 heteroatoms. The summed E-state index contributed by atoms with van der Waals surface area (Å²) in [6.45, 7) is 4.57. The van der Waals surface area contributed by atoms with Crippen LogP contribution in [0.2, 0.25) is 0 Å². The topological polar surface area (TPSA) is 0 Å². The van der Waals surface area contributed by atoms with Gasteiger partial charge < -0.3 is 0 Å². The summed E-state index contributed by atoms with van der Waals surface area (Å²) in [5, 5.41) is 0. The SMILES string of the molecule is CCCCCc1ccc(/C=C/C#C/C=C/[C@H]2CC[C@H](CC)CC2)cc1. The van der Waals surface area contributed by atoms with Gasteiger partial charge in [0.15, 0.2) is 0 Å². The molecule has 0 atom stereocenters. The van der Waals surface area contributed by atoms with Gasteiger partial charge >= 0.3 is 0 Å². The fourth-order valence-corrected chi connectivity index (χ4v) is 3.58. The van der Waals surface area contributed by atoms with Crippen LogP contribution in [0.5, 0.6) is 0 Å². The second-order valence-corrected chi connectivity index (χ2v) is 7.37. The van der Waals surface area contributed by atoms with Crippen molar-refractivity contribution in [2.24, 2.45) is 11.8 Å². The number of aryl methyl sites for hydroxylation is 1. The second kappa shape index (κ2) is 11.8. The van der Waals surface area contributed by atoms with E-state index in [0.717, 1.165) is 11.8 Å². The number of benzene rings is 1. The van der Waals surface area contributed by atoms with E-state index in [-0.39, 0.29) is 0 Å². The van der Waals surface area contributed by atoms with Gasteiger partial charge in [0.25, 0.3) is 0 Å². The molecule has 0 heterocycles. The summed E-state index contributed by atoms with van der Waals surface area (Å²) in [5.41, 5.74) is 2.67. The van der Waals surface area contributed by atoms with Gasteiger partial charge in [-0.2, -0.15) is 0 Å². The van der Waals surface area contributed by atoms with E-state index in [2.05, 4.69) is 68.2 Å². The third-order valence-corrected chi connectivity index (χ3v) is 5.41. The molecule has 0 saturated heterocycles. The first-order valence-electron chi connectivity index (χ1n) is 10.2. The molecule has 1 aliphatic rings. The van der Waals surface area contributed by atoms with Crippen LogP contribution in [-0.2, 0) is 6.42 Å². The van der Waals surface area contributed by atoms with Crippen molar-refractivity contribution < 1.29 is 0 Å². The maximum absolute atomic E-state index is 3.16. The second-order valence-electron chi connectivity index (χ2n) is 7.37. The first-order chi connectivity index (χ1) is 12.3. The lowest BCUT2D eigenvalue weighted by atomic mass is 9.81. The van der Waals surface area contributed by atoms with Gasteiger partial charge in [-0.15, -0.1) is 0 Å². The minimum Gasteiger partial charge on any atom is -0.0730 e. The van der Waals surface area contributed by atoms with E-state index in [0.29, 0.717) is 0 Å². The molecule has 1 saturated carbocycles. The molecule has 0 aliphatic heterocycles. The van der Waals surface area contributed by atoms with E-state index >= 15 is 0 Å². The summed E-state index contributed by atoms with van der Waals surface area (Å²) < 4.78 is 0. The van der Waals surface area contributed by atoms with Gasteiger partial charge in [0.2, 0.25) is 0 Å². The highest BCUT2D eigenvalue weighted by Gasteiger charge is 2.17. The van der Waals surface area contributed by atoms with Crippen molar-refractivity contribution in [3.63, 3.8) is 0 Å². The summed E-state index contributed by atoms with van der Waals surface area (Å²) in [5.74, 6) is 8.01. The van der Waals surface area contributed by atoms with Crippen LogP contribution in [0.15, 0.2) is 42.5 Å². The monoisotopic (exact) mass is 334 g/mol. The zero-order valence-corrected chi connectivity index (χ0v) is 16.1. The summed E-state index contributed by atoms with van der Waals surface area (Å²) in [6.07, 6.45) is 20.4.